The topological polar surface area (TPSA) is 96.9 Å². The van der Waals surface area contributed by atoms with Crippen molar-refractivity contribution in [3.8, 4) is 5.75 Å². The number of aromatic nitrogens is 1. The second-order valence-electron chi connectivity index (χ2n) is 10.7. The second-order valence-corrected chi connectivity index (χ2v) is 10.7. The average molecular weight is 450 g/mol. The normalized spacial score (nSPS) is 32.8. The Morgan fingerprint density at radius 2 is 1.94 bits per heavy atom. The number of amides is 1. The van der Waals surface area contributed by atoms with Gasteiger partial charge < -0.3 is 20.1 Å². The number of aryl methyl sites for hydroxylation is 1. The Labute approximate surface area is 193 Å². The van der Waals surface area contributed by atoms with Gasteiger partial charge in [0.25, 0.3) is 11.5 Å². The maximum Gasteiger partial charge on any atom is 0.261 e. The first-order chi connectivity index (χ1) is 15.7. The van der Waals surface area contributed by atoms with Crippen molar-refractivity contribution in [1.82, 2.24) is 14.8 Å². The van der Waals surface area contributed by atoms with Crippen molar-refractivity contribution in [2.45, 2.75) is 56.1 Å². The van der Waals surface area contributed by atoms with Crippen molar-refractivity contribution in [1.29, 1.82) is 0 Å². The zero-order chi connectivity index (χ0) is 23.1. The first-order valence-electron chi connectivity index (χ1n) is 12.0. The third kappa shape index (κ3) is 2.75. The fraction of sp³-hybridized carbons (Fsp3) is 0.538. The molecule has 2 saturated heterocycles. The van der Waals surface area contributed by atoms with Crippen LogP contribution in [-0.2, 0) is 18.3 Å². The van der Waals surface area contributed by atoms with E-state index in [0.717, 1.165) is 48.2 Å². The number of carbonyl (C=O) groups is 1. The number of nitrogens with one attached hydrogen (secondary N) is 1. The number of carbonyl (C=O) groups excluding carboxylic acids is 1. The number of hydrogen-bond donors (Lipinski definition) is 3. The highest BCUT2D eigenvalue weighted by molar-refractivity contribution is 5.94. The van der Waals surface area contributed by atoms with Crippen LogP contribution in [0.15, 0.2) is 29.1 Å². The summed E-state index contributed by atoms with van der Waals surface area (Å²) < 4.78 is 0. The standard InChI is InChI=1S/C26H31N3O4/c1-15-5-6-18(30)10-20(15)25-11-17-14-28(2)22(17)26(25,33)12-16-9-19(23(31)27-21(16)13-25)24(32)29-7-3-4-8-29/h5-6,9-10,17,22,30,33H,3-4,7-8,11-14H2,1-2H3,(H,27,31)/t17?,22-,25-,26-/m1/s1. The molecule has 6 rings (SSSR count). The van der Waals surface area contributed by atoms with Gasteiger partial charge in [-0.1, -0.05) is 6.07 Å². The van der Waals surface area contributed by atoms with Crippen LogP contribution in [0, 0.1) is 12.8 Å². The van der Waals surface area contributed by atoms with E-state index >= 15 is 0 Å². The molecule has 4 aliphatic rings. The van der Waals surface area contributed by atoms with Gasteiger partial charge in [-0.15, -0.1) is 0 Å². The van der Waals surface area contributed by atoms with E-state index < -0.39 is 11.0 Å². The number of nitrogens with zero attached hydrogens (tertiary/aromatic N) is 2. The summed E-state index contributed by atoms with van der Waals surface area (Å²) in [6, 6.07) is 7.12. The Morgan fingerprint density at radius 1 is 1.18 bits per heavy atom. The lowest BCUT2D eigenvalue weighted by molar-refractivity contribution is -0.108. The van der Waals surface area contributed by atoms with Crippen molar-refractivity contribution in [2.75, 3.05) is 26.7 Å². The number of hydrogen-bond acceptors (Lipinski definition) is 5. The highest BCUT2D eigenvalue weighted by Gasteiger charge is 2.70. The van der Waals surface area contributed by atoms with Crippen LogP contribution in [0.1, 0.15) is 52.0 Å². The lowest BCUT2D eigenvalue weighted by Gasteiger charge is -2.53. The fourth-order valence-corrected chi connectivity index (χ4v) is 7.47. The monoisotopic (exact) mass is 449 g/mol. The molecular weight excluding hydrogens is 418 g/mol. The molecule has 1 unspecified atom stereocenters. The summed E-state index contributed by atoms with van der Waals surface area (Å²) >= 11 is 0. The number of aliphatic hydroxyl groups is 1. The number of likely N-dealkylation sites (tertiary alicyclic amines) is 2. The molecule has 3 fully saturated rings. The Hall–Kier alpha value is -2.64. The molecule has 2 aliphatic heterocycles. The predicted molar refractivity (Wildman–Crippen MR) is 124 cm³/mol. The molecule has 0 bridgehead atoms. The van der Waals surface area contributed by atoms with Gasteiger partial charge in [0.15, 0.2) is 0 Å². The van der Waals surface area contributed by atoms with Crippen molar-refractivity contribution in [3.05, 3.63) is 62.6 Å². The van der Waals surface area contributed by atoms with Gasteiger partial charge >= 0.3 is 0 Å². The van der Waals surface area contributed by atoms with Crippen LogP contribution < -0.4 is 5.56 Å². The van der Waals surface area contributed by atoms with E-state index in [1.165, 1.54) is 0 Å². The van der Waals surface area contributed by atoms with Gasteiger partial charge in [0.1, 0.15) is 11.3 Å². The molecule has 2 aliphatic carbocycles. The van der Waals surface area contributed by atoms with Gasteiger partial charge in [-0.2, -0.15) is 0 Å². The smallest absolute Gasteiger partial charge is 0.261 e. The van der Waals surface area contributed by atoms with Gasteiger partial charge in [-0.25, -0.2) is 0 Å². The third-order valence-corrected chi connectivity index (χ3v) is 8.89. The van der Waals surface area contributed by atoms with E-state index in [0.29, 0.717) is 31.8 Å². The quantitative estimate of drug-likeness (QED) is 0.649. The largest absolute Gasteiger partial charge is 0.508 e. The number of aromatic amines is 1. The highest BCUT2D eigenvalue weighted by atomic mass is 16.3. The summed E-state index contributed by atoms with van der Waals surface area (Å²) in [5.74, 6) is 0.327. The second kappa shape index (κ2) is 6.93. The summed E-state index contributed by atoms with van der Waals surface area (Å²) in [7, 11) is 2.05. The molecule has 3 N–H and O–H groups in total. The number of rotatable bonds is 2. The summed E-state index contributed by atoms with van der Waals surface area (Å²) in [6.07, 6.45) is 3.60. The fourth-order valence-electron chi connectivity index (χ4n) is 7.47. The number of aromatic hydroxyl groups is 1. The van der Waals surface area contributed by atoms with Gasteiger partial charge in [-0.3, -0.25) is 14.5 Å². The molecule has 0 spiro atoms. The van der Waals surface area contributed by atoms with Crippen molar-refractivity contribution in [3.63, 3.8) is 0 Å². The molecular formula is C26H31N3O4. The molecule has 1 aromatic carbocycles. The van der Waals surface area contributed by atoms with Gasteiger partial charge in [0, 0.05) is 49.6 Å². The van der Waals surface area contributed by atoms with Gasteiger partial charge in [0.2, 0.25) is 0 Å². The number of pyridine rings is 1. The maximum atomic E-state index is 13.0. The highest BCUT2D eigenvalue weighted by Crippen LogP contribution is 2.61. The molecule has 2 aromatic rings. The number of benzene rings is 1. The zero-order valence-corrected chi connectivity index (χ0v) is 19.2. The van der Waals surface area contributed by atoms with Crippen LogP contribution in [0.3, 0.4) is 0 Å². The number of phenolic OH excluding ortho intramolecular Hbond substituents is 1. The molecule has 174 valence electrons. The molecule has 1 saturated carbocycles. The minimum atomic E-state index is -1.05. The third-order valence-electron chi connectivity index (χ3n) is 8.89. The number of H-pyrrole nitrogens is 1. The maximum absolute atomic E-state index is 13.0. The van der Waals surface area contributed by atoms with Crippen molar-refractivity contribution < 1.29 is 15.0 Å². The van der Waals surface area contributed by atoms with E-state index in [1.807, 2.05) is 13.0 Å². The lowest BCUT2D eigenvalue weighted by atomic mass is 9.59. The minimum absolute atomic E-state index is 0.0112. The Morgan fingerprint density at radius 3 is 2.67 bits per heavy atom. The van der Waals surface area contributed by atoms with Crippen LogP contribution in [-0.4, -0.2) is 69.2 Å². The first kappa shape index (κ1) is 20.9. The summed E-state index contributed by atoms with van der Waals surface area (Å²) in [4.78, 5) is 33.0. The van der Waals surface area contributed by atoms with Crippen LogP contribution in [0.4, 0.5) is 0 Å². The first-order valence-corrected chi connectivity index (χ1v) is 12.0. The van der Waals surface area contributed by atoms with E-state index in [4.69, 9.17) is 0 Å². The van der Waals surface area contributed by atoms with Crippen LogP contribution in [0.2, 0.25) is 0 Å². The van der Waals surface area contributed by atoms with Crippen LogP contribution in [0.5, 0.6) is 5.75 Å². The molecule has 0 radical (unpaired) electrons. The van der Waals surface area contributed by atoms with Crippen LogP contribution >= 0.6 is 0 Å². The van der Waals surface area contributed by atoms with Crippen molar-refractivity contribution in [2.24, 2.45) is 5.92 Å². The molecule has 1 amide bonds. The molecule has 7 nitrogen and oxygen atoms in total. The molecule has 1 aromatic heterocycles. The van der Waals surface area contributed by atoms with Gasteiger partial charge in [0.05, 0.1) is 5.60 Å². The predicted octanol–water partition coefficient (Wildman–Crippen LogP) is 1.73. The SMILES string of the molecule is Cc1ccc(O)cc1[C@@]12Cc3[nH]c(=O)c(C(=O)N4CCCC4)cc3C[C@@]1(O)[C@H]1C(CN1C)C2. The zero-order valence-electron chi connectivity index (χ0n) is 19.2. The summed E-state index contributed by atoms with van der Waals surface area (Å²) in [5, 5.41) is 22.8. The average Bonchev–Trinajstić information content (AvgIpc) is 3.35. The minimum Gasteiger partial charge on any atom is -0.508 e. The van der Waals surface area contributed by atoms with Crippen molar-refractivity contribution >= 4 is 5.91 Å². The number of fused-ring (bicyclic) bond motifs is 4. The Balaban J connectivity index is 1.50. The van der Waals surface area contributed by atoms with E-state index in [-0.39, 0.29) is 28.8 Å². The Bertz CT molecular complexity index is 1220. The molecule has 4 atom stereocenters. The number of phenols is 1. The summed E-state index contributed by atoms with van der Waals surface area (Å²) in [5.41, 5.74) is 1.81. The molecule has 7 heteroatoms. The summed E-state index contributed by atoms with van der Waals surface area (Å²) in [6.45, 7) is 4.32. The van der Waals surface area contributed by atoms with E-state index in [2.05, 4.69) is 16.9 Å². The van der Waals surface area contributed by atoms with E-state index in [1.54, 1.807) is 23.1 Å². The molecule has 33 heavy (non-hydrogen) atoms. The molecule has 3 heterocycles. The Kier molecular flexibility index (Phi) is 4.40. The van der Waals surface area contributed by atoms with Crippen LogP contribution in [0.25, 0.3) is 0 Å². The lowest BCUT2D eigenvalue weighted by Crippen LogP contribution is -2.67. The van der Waals surface area contributed by atoms with Gasteiger partial charge in [-0.05, 0) is 74.0 Å². The van der Waals surface area contributed by atoms with E-state index in [9.17, 15) is 19.8 Å². The number of likely N-dealkylation sites (N-methyl/N-ethyl adjacent to an activating group) is 1.